The van der Waals surface area contributed by atoms with Gasteiger partial charge in [-0.3, -0.25) is 0 Å². The standard InChI is InChI=1S/C9H12Cl2N2O2S2/c10-8-5-7(9(11)16-8)17(14,15)13-4-3-12-6-1-2-6/h5-6,12-13H,1-4H2. The Kier molecular flexibility index (Phi) is 4.33. The summed E-state index contributed by atoms with van der Waals surface area (Å²) in [5, 5.41) is 3.22. The van der Waals surface area contributed by atoms with E-state index in [2.05, 4.69) is 10.0 Å². The molecule has 0 amide bonds. The molecule has 1 aliphatic rings. The molecule has 1 aromatic rings. The maximum absolute atomic E-state index is 11.9. The maximum atomic E-state index is 11.9. The highest BCUT2D eigenvalue weighted by Crippen LogP contribution is 2.33. The van der Waals surface area contributed by atoms with Crippen molar-refractivity contribution in [3.05, 3.63) is 14.7 Å². The van der Waals surface area contributed by atoms with Crippen molar-refractivity contribution in [2.75, 3.05) is 13.1 Å². The fourth-order valence-electron chi connectivity index (χ4n) is 1.34. The zero-order valence-electron chi connectivity index (χ0n) is 8.87. The first-order valence-electron chi connectivity index (χ1n) is 5.17. The van der Waals surface area contributed by atoms with E-state index in [0.29, 0.717) is 23.5 Å². The van der Waals surface area contributed by atoms with Gasteiger partial charge in [-0.15, -0.1) is 11.3 Å². The summed E-state index contributed by atoms with van der Waals surface area (Å²) in [4.78, 5) is 0.0561. The molecule has 4 nitrogen and oxygen atoms in total. The number of rotatable bonds is 6. The van der Waals surface area contributed by atoms with Gasteiger partial charge >= 0.3 is 0 Å². The molecule has 0 bridgehead atoms. The average molecular weight is 315 g/mol. The Balaban J connectivity index is 1.90. The van der Waals surface area contributed by atoms with Crippen LogP contribution in [0.2, 0.25) is 8.67 Å². The fraction of sp³-hybridized carbons (Fsp3) is 0.556. The Hall–Kier alpha value is 0.150. The number of sulfonamides is 1. The lowest BCUT2D eigenvalue weighted by Crippen LogP contribution is -2.32. The Morgan fingerprint density at radius 3 is 2.59 bits per heavy atom. The molecule has 0 aromatic carbocycles. The van der Waals surface area contributed by atoms with E-state index in [0.717, 1.165) is 11.3 Å². The first-order chi connectivity index (χ1) is 7.99. The molecular formula is C9H12Cl2N2O2S2. The number of halogens is 2. The first kappa shape index (κ1) is 13.6. The summed E-state index contributed by atoms with van der Waals surface area (Å²) in [6, 6.07) is 1.93. The summed E-state index contributed by atoms with van der Waals surface area (Å²) in [7, 11) is -3.54. The smallest absolute Gasteiger partial charge is 0.243 e. The lowest BCUT2D eigenvalue weighted by Gasteiger charge is -2.06. The quantitative estimate of drug-likeness (QED) is 0.790. The maximum Gasteiger partial charge on any atom is 0.243 e. The SMILES string of the molecule is O=S(=O)(NCCNC1CC1)c1cc(Cl)sc1Cl. The van der Waals surface area contributed by atoms with Gasteiger partial charge in [0.1, 0.15) is 9.23 Å². The largest absolute Gasteiger partial charge is 0.313 e. The second-order valence-corrected chi connectivity index (χ2v) is 7.84. The van der Waals surface area contributed by atoms with E-state index in [9.17, 15) is 8.42 Å². The highest BCUT2D eigenvalue weighted by atomic mass is 35.5. The predicted octanol–water partition coefficient (Wildman–Crippen LogP) is 2.09. The molecule has 1 fully saturated rings. The van der Waals surface area contributed by atoms with E-state index >= 15 is 0 Å². The lowest BCUT2D eigenvalue weighted by atomic mass is 10.6. The number of nitrogens with one attached hydrogen (secondary N) is 2. The van der Waals surface area contributed by atoms with Gasteiger partial charge in [0.05, 0.1) is 4.34 Å². The van der Waals surface area contributed by atoms with Crippen LogP contribution in [0.1, 0.15) is 12.8 Å². The Bertz CT molecular complexity index is 497. The topological polar surface area (TPSA) is 58.2 Å². The van der Waals surface area contributed by atoms with Gasteiger partial charge in [0.25, 0.3) is 0 Å². The zero-order chi connectivity index (χ0) is 12.5. The van der Waals surface area contributed by atoms with Crippen LogP contribution in [0.5, 0.6) is 0 Å². The van der Waals surface area contributed by atoms with Crippen LogP contribution in [0.4, 0.5) is 0 Å². The van der Waals surface area contributed by atoms with Gasteiger partial charge in [-0.25, -0.2) is 13.1 Å². The summed E-state index contributed by atoms with van der Waals surface area (Å²) in [5.41, 5.74) is 0. The van der Waals surface area contributed by atoms with E-state index < -0.39 is 10.0 Å². The van der Waals surface area contributed by atoms with Crippen molar-refractivity contribution in [1.29, 1.82) is 0 Å². The van der Waals surface area contributed by atoms with Gasteiger partial charge in [-0.2, -0.15) is 0 Å². The zero-order valence-corrected chi connectivity index (χ0v) is 12.0. The van der Waals surface area contributed by atoms with Crippen LogP contribution in [-0.2, 0) is 10.0 Å². The van der Waals surface area contributed by atoms with Gasteiger partial charge in [0.2, 0.25) is 10.0 Å². The molecule has 96 valence electrons. The summed E-state index contributed by atoms with van der Waals surface area (Å²) in [5.74, 6) is 0. The molecule has 1 heterocycles. The third kappa shape index (κ3) is 3.81. The van der Waals surface area contributed by atoms with Crippen LogP contribution in [0.15, 0.2) is 11.0 Å². The van der Waals surface area contributed by atoms with Crippen molar-refractivity contribution in [2.24, 2.45) is 0 Å². The third-order valence-corrected chi connectivity index (χ3v) is 5.56. The van der Waals surface area contributed by atoms with Gasteiger partial charge in [0, 0.05) is 19.1 Å². The highest BCUT2D eigenvalue weighted by molar-refractivity contribution is 7.89. The molecule has 2 rings (SSSR count). The lowest BCUT2D eigenvalue weighted by molar-refractivity contribution is 0.576. The molecular weight excluding hydrogens is 303 g/mol. The van der Waals surface area contributed by atoms with Crippen LogP contribution in [0.3, 0.4) is 0 Å². The van der Waals surface area contributed by atoms with Gasteiger partial charge in [0.15, 0.2) is 0 Å². The van der Waals surface area contributed by atoms with Crippen LogP contribution in [0, 0.1) is 0 Å². The molecule has 1 aromatic heterocycles. The molecule has 0 saturated heterocycles. The van der Waals surface area contributed by atoms with Gasteiger partial charge in [-0.1, -0.05) is 23.2 Å². The molecule has 17 heavy (non-hydrogen) atoms. The molecule has 0 unspecified atom stereocenters. The van der Waals surface area contributed by atoms with Gasteiger partial charge < -0.3 is 5.32 Å². The van der Waals surface area contributed by atoms with Crippen LogP contribution >= 0.6 is 34.5 Å². The molecule has 0 aliphatic heterocycles. The van der Waals surface area contributed by atoms with Crippen molar-refractivity contribution in [2.45, 2.75) is 23.8 Å². The summed E-state index contributed by atoms with van der Waals surface area (Å²) < 4.78 is 26.7. The fourth-order valence-corrected chi connectivity index (χ4v) is 4.51. The molecule has 0 radical (unpaired) electrons. The first-order valence-corrected chi connectivity index (χ1v) is 8.22. The van der Waals surface area contributed by atoms with Crippen molar-refractivity contribution < 1.29 is 8.42 Å². The summed E-state index contributed by atoms with van der Waals surface area (Å²) in [6.07, 6.45) is 2.36. The monoisotopic (exact) mass is 314 g/mol. The van der Waals surface area contributed by atoms with Crippen LogP contribution in [0.25, 0.3) is 0 Å². The van der Waals surface area contributed by atoms with Gasteiger partial charge in [-0.05, 0) is 18.9 Å². The van der Waals surface area contributed by atoms with E-state index in [4.69, 9.17) is 23.2 Å². The van der Waals surface area contributed by atoms with E-state index in [-0.39, 0.29) is 9.23 Å². The Labute approximate surface area is 114 Å². The Morgan fingerprint density at radius 2 is 2.06 bits per heavy atom. The predicted molar refractivity (Wildman–Crippen MR) is 70.6 cm³/mol. The normalized spacial score (nSPS) is 16.4. The molecule has 2 N–H and O–H groups in total. The average Bonchev–Trinajstić information content (AvgIpc) is 2.99. The second kappa shape index (κ2) is 5.42. The highest BCUT2D eigenvalue weighted by Gasteiger charge is 2.22. The molecule has 1 aliphatic carbocycles. The Morgan fingerprint density at radius 1 is 1.35 bits per heavy atom. The second-order valence-electron chi connectivity index (χ2n) is 3.81. The van der Waals surface area contributed by atoms with Crippen LogP contribution in [-0.4, -0.2) is 27.5 Å². The number of thiophene rings is 1. The minimum atomic E-state index is -3.54. The molecule has 0 spiro atoms. The van der Waals surface area contributed by atoms with Crippen LogP contribution < -0.4 is 10.0 Å². The minimum absolute atomic E-state index is 0.0561. The van der Waals surface area contributed by atoms with Crippen molar-refractivity contribution in [3.63, 3.8) is 0 Å². The van der Waals surface area contributed by atoms with E-state index in [1.807, 2.05) is 0 Å². The molecule has 8 heteroatoms. The summed E-state index contributed by atoms with van der Waals surface area (Å²) in [6.45, 7) is 0.974. The molecule has 0 atom stereocenters. The van der Waals surface area contributed by atoms with E-state index in [1.54, 1.807) is 0 Å². The van der Waals surface area contributed by atoms with Crippen molar-refractivity contribution in [3.8, 4) is 0 Å². The summed E-state index contributed by atoms with van der Waals surface area (Å²) >= 11 is 12.6. The van der Waals surface area contributed by atoms with Crippen molar-refractivity contribution >= 4 is 44.6 Å². The minimum Gasteiger partial charge on any atom is -0.313 e. The third-order valence-electron chi connectivity index (χ3n) is 2.34. The van der Waals surface area contributed by atoms with Crippen molar-refractivity contribution in [1.82, 2.24) is 10.0 Å². The number of hydrogen-bond donors (Lipinski definition) is 2. The van der Waals surface area contributed by atoms with E-state index in [1.165, 1.54) is 18.9 Å². The number of hydrogen-bond acceptors (Lipinski definition) is 4. The molecule has 1 saturated carbocycles.